The lowest BCUT2D eigenvalue weighted by molar-refractivity contribution is -0.151. The van der Waals surface area contributed by atoms with E-state index in [-0.39, 0.29) is 24.9 Å². The SMILES string of the molecule is CC/C=C/C=C/C=C/CCCCCCCCCC(=O)OC(CCCC/C=C/C/C=C/C/C=C/CC)CC(=O)NC(CO)C(O)CCCCCCCCCCCC. The zero-order chi connectivity index (χ0) is 41.0. The first kappa shape index (κ1) is 53.3. The number of amides is 1. The number of hydrogen-bond acceptors (Lipinski definition) is 5. The molecule has 3 atom stereocenters. The molecule has 0 aromatic rings. The van der Waals surface area contributed by atoms with E-state index in [0.29, 0.717) is 19.3 Å². The largest absolute Gasteiger partial charge is 0.462 e. The van der Waals surface area contributed by atoms with E-state index in [1.54, 1.807) is 0 Å². The summed E-state index contributed by atoms with van der Waals surface area (Å²) in [7, 11) is 0. The van der Waals surface area contributed by atoms with E-state index in [0.717, 1.165) is 89.9 Å². The van der Waals surface area contributed by atoms with E-state index in [1.165, 1.54) is 70.6 Å². The number of rotatable bonds is 40. The van der Waals surface area contributed by atoms with Crippen molar-refractivity contribution in [3.63, 3.8) is 0 Å². The fourth-order valence-corrected chi connectivity index (χ4v) is 6.62. The first-order valence-electron chi connectivity index (χ1n) is 23.2. The van der Waals surface area contributed by atoms with Gasteiger partial charge in [0.25, 0.3) is 0 Å². The number of unbranched alkanes of at least 4 members (excludes halogenated alkanes) is 18. The Kier molecular flexibility index (Phi) is 41.3. The van der Waals surface area contributed by atoms with Gasteiger partial charge in [0, 0.05) is 6.42 Å². The minimum Gasteiger partial charge on any atom is -0.462 e. The van der Waals surface area contributed by atoms with Crippen LogP contribution in [-0.2, 0) is 14.3 Å². The predicted molar refractivity (Wildman–Crippen MR) is 241 cm³/mol. The van der Waals surface area contributed by atoms with Gasteiger partial charge in [-0.3, -0.25) is 9.59 Å². The lowest BCUT2D eigenvalue weighted by Gasteiger charge is -2.24. The molecule has 0 saturated carbocycles. The summed E-state index contributed by atoms with van der Waals surface area (Å²) in [5.74, 6) is -0.533. The maximum atomic E-state index is 13.1. The van der Waals surface area contributed by atoms with Crippen LogP contribution in [0.25, 0.3) is 0 Å². The lowest BCUT2D eigenvalue weighted by atomic mass is 10.0. The highest BCUT2D eigenvalue weighted by atomic mass is 16.5. The monoisotopic (exact) mass is 782 g/mol. The van der Waals surface area contributed by atoms with Gasteiger partial charge in [0.2, 0.25) is 5.91 Å². The topological polar surface area (TPSA) is 95.9 Å². The van der Waals surface area contributed by atoms with Crippen LogP contribution in [0.15, 0.2) is 72.9 Å². The van der Waals surface area contributed by atoms with Crippen LogP contribution in [0.5, 0.6) is 0 Å². The molecule has 0 rings (SSSR count). The van der Waals surface area contributed by atoms with Crippen LogP contribution >= 0.6 is 0 Å². The molecule has 0 spiro atoms. The van der Waals surface area contributed by atoms with E-state index in [1.807, 2.05) is 0 Å². The van der Waals surface area contributed by atoms with Gasteiger partial charge in [0.05, 0.1) is 25.2 Å². The van der Waals surface area contributed by atoms with Crippen molar-refractivity contribution in [3.8, 4) is 0 Å². The van der Waals surface area contributed by atoms with Gasteiger partial charge in [-0.25, -0.2) is 0 Å². The van der Waals surface area contributed by atoms with Gasteiger partial charge in [0.1, 0.15) is 6.10 Å². The highest BCUT2D eigenvalue weighted by molar-refractivity contribution is 5.77. The summed E-state index contributed by atoms with van der Waals surface area (Å²) in [5.41, 5.74) is 0. The molecule has 0 aliphatic carbocycles. The van der Waals surface area contributed by atoms with Crippen LogP contribution < -0.4 is 5.32 Å². The molecule has 0 bridgehead atoms. The van der Waals surface area contributed by atoms with E-state index in [9.17, 15) is 19.8 Å². The Hall–Kier alpha value is -2.70. The van der Waals surface area contributed by atoms with Crippen molar-refractivity contribution < 1.29 is 24.5 Å². The Labute approximate surface area is 345 Å². The zero-order valence-corrected chi connectivity index (χ0v) is 36.5. The summed E-state index contributed by atoms with van der Waals surface area (Å²) < 4.78 is 5.88. The van der Waals surface area contributed by atoms with Crippen LogP contribution in [-0.4, -0.2) is 46.9 Å². The molecule has 0 radical (unpaired) electrons. The van der Waals surface area contributed by atoms with Crippen LogP contribution in [0.2, 0.25) is 0 Å². The van der Waals surface area contributed by atoms with E-state index < -0.39 is 18.2 Å². The molecule has 1 amide bonds. The normalized spacial score (nSPS) is 14.0. The molecule has 3 N–H and O–H groups in total. The van der Waals surface area contributed by atoms with Crippen LogP contribution in [0, 0.1) is 0 Å². The molecule has 322 valence electrons. The van der Waals surface area contributed by atoms with E-state index >= 15 is 0 Å². The van der Waals surface area contributed by atoms with Crippen LogP contribution in [0.4, 0.5) is 0 Å². The smallest absolute Gasteiger partial charge is 0.306 e. The number of nitrogens with one attached hydrogen (secondary N) is 1. The molecule has 0 heterocycles. The van der Waals surface area contributed by atoms with Gasteiger partial charge in [-0.05, 0) is 77.0 Å². The van der Waals surface area contributed by atoms with Crippen molar-refractivity contribution in [2.75, 3.05) is 6.61 Å². The van der Waals surface area contributed by atoms with Crippen LogP contribution in [0.1, 0.15) is 207 Å². The molecule has 0 aliphatic rings. The third-order valence-corrected chi connectivity index (χ3v) is 10.1. The van der Waals surface area contributed by atoms with Crippen molar-refractivity contribution in [2.24, 2.45) is 0 Å². The van der Waals surface area contributed by atoms with Crippen molar-refractivity contribution in [2.45, 2.75) is 225 Å². The molecule has 6 nitrogen and oxygen atoms in total. The number of aliphatic hydroxyl groups excluding tert-OH is 2. The number of ether oxygens (including phenoxy) is 1. The molecular weight excluding hydrogens is 695 g/mol. The van der Waals surface area contributed by atoms with E-state index in [2.05, 4.69) is 99.0 Å². The number of carbonyl (C=O) groups excluding carboxylic acids is 2. The maximum Gasteiger partial charge on any atom is 0.306 e. The number of aliphatic hydroxyl groups is 2. The third-order valence-electron chi connectivity index (χ3n) is 10.1. The summed E-state index contributed by atoms with van der Waals surface area (Å²) in [6.07, 6.45) is 53.9. The molecule has 56 heavy (non-hydrogen) atoms. The summed E-state index contributed by atoms with van der Waals surface area (Å²) in [5, 5.41) is 23.6. The third kappa shape index (κ3) is 38.2. The van der Waals surface area contributed by atoms with E-state index in [4.69, 9.17) is 4.74 Å². The van der Waals surface area contributed by atoms with Crippen molar-refractivity contribution in [1.82, 2.24) is 5.32 Å². The molecule has 0 aliphatic heterocycles. The number of carbonyl (C=O) groups is 2. The standard InChI is InChI=1S/C50H87NO5/c1-4-7-10-13-16-19-22-24-25-26-28-31-34-37-40-43-50(55)56-46(41-38-35-32-29-27-23-20-17-14-11-8-5-2)44-49(54)51-47(45-52)48(53)42-39-36-33-30-21-18-15-12-9-6-3/h7-8,10-11,13,16-17,19-20,22,27,29,46-48,52-53H,4-6,9,12,14-15,18,21,23-26,28,30-45H2,1-3H3,(H,51,54)/b10-7+,11-8+,16-13+,20-17+,22-19+,29-27+. The highest BCUT2D eigenvalue weighted by Gasteiger charge is 2.24. The number of allylic oxidation sites excluding steroid dienone is 12. The van der Waals surface area contributed by atoms with Gasteiger partial charge in [-0.15, -0.1) is 0 Å². The minimum atomic E-state index is -0.800. The van der Waals surface area contributed by atoms with Gasteiger partial charge in [-0.1, -0.05) is 190 Å². The summed E-state index contributed by atoms with van der Waals surface area (Å²) >= 11 is 0. The molecule has 0 saturated heterocycles. The fraction of sp³-hybridized carbons (Fsp3) is 0.720. The Morgan fingerprint density at radius 2 is 1.05 bits per heavy atom. The Balaban J connectivity index is 4.66. The molecule has 0 aromatic carbocycles. The molecule has 0 fully saturated rings. The van der Waals surface area contributed by atoms with Crippen molar-refractivity contribution in [3.05, 3.63) is 72.9 Å². The van der Waals surface area contributed by atoms with Crippen LogP contribution in [0.3, 0.4) is 0 Å². The average Bonchev–Trinajstić information content (AvgIpc) is 3.19. The van der Waals surface area contributed by atoms with Gasteiger partial charge < -0.3 is 20.3 Å². The van der Waals surface area contributed by atoms with Gasteiger partial charge in [-0.2, -0.15) is 0 Å². The van der Waals surface area contributed by atoms with Crippen molar-refractivity contribution >= 4 is 11.9 Å². The summed E-state index contributed by atoms with van der Waals surface area (Å²) in [6, 6.07) is -0.717. The Bertz CT molecular complexity index is 1060. The number of esters is 1. The summed E-state index contributed by atoms with van der Waals surface area (Å²) in [6.45, 7) is 6.19. The lowest BCUT2D eigenvalue weighted by Crippen LogP contribution is -2.46. The molecule has 6 heteroatoms. The molecule has 3 unspecified atom stereocenters. The zero-order valence-electron chi connectivity index (χ0n) is 36.5. The molecule has 0 aromatic heterocycles. The first-order chi connectivity index (χ1) is 27.5. The second-order valence-electron chi connectivity index (χ2n) is 15.5. The number of hydrogen-bond donors (Lipinski definition) is 3. The first-order valence-corrected chi connectivity index (χ1v) is 23.2. The second-order valence-corrected chi connectivity index (χ2v) is 15.5. The quantitative estimate of drug-likeness (QED) is 0.0249. The fourth-order valence-electron chi connectivity index (χ4n) is 6.62. The van der Waals surface area contributed by atoms with Gasteiger partial charge in [0.15, 0.2) is 0 Å². The van der Waals surface area contributed by atoms with Gasteiger partial charge >= 0.3 is 5.97 Å². The average molecular weight is 782 g/mol. The second kappa shape index (κ2) is 43.4. The molecular formula is C50H87NO5. The summed E-state index contributed by atoms with van der Waals surface area (Å²) in [4.78, 5) is 26.0. The Morgan fingerprint density at radius 3 is 1.68 bits per heavy atom. The van der Waals surface area contributed by atoms with Crippen molar-refractivity contribution in [1.29, 1.82) is 0 Å². The predicted octanol–water partition coefficient (Wildman–Crippen LogP) is 13.4. The minimum absolute atomic E-state index is 0.0434. The Morgan fingerprint density at radius 1 is 0.554 bits per heavy atom. The highest BCUT2D eigenvalue weighted by Crippen LogP contribution is 2.17. The maximum absolute atomic E-state index is 13.1.